The first kappa shape index (κ1) is 32.6. The lowest BCUT2D eigenvalue weighted by atomic mass is 9.87. The van der Waals surface area contributed by atoms with Crippen LogP contribution in [0, 0.1) is 0 Å². The van der Waals surface area contributed by atoms with E-state index in [1.165, 1.54) is 11.1 Å². The number of hydrogen-bond donors (Lipinski definition) is 2. The zero-order valence-electron chi connectivity index (χ0n) is 27.9. The van der Waals surface area contributed by atoms with Crippen molar-refractivity contribution in [3.63, 3.8) is 0 Å². The van der Waals surface area contributed by atoms with Crippen LogP contribution in [-0.4, -0.2) is 36.4 Å². The summed E-state index contributed by atoms with van der Waals surface area (Å²) in [5.41, 5.74) is 5.42. The van der Waals surface area contributed by atoms with E-state index in [2.05, 4.69) is 83.4 Å². The molecule has 0 amide bonds. The molecule has 0 aromatic heterocycles. The Morgan fingerprint density at radius 2 is 1.72 bits per heavy atom. The summed E-state index contributed by atoms with van der Waals surface area (Å²) in [5, 5.41) is 7.07. The molecule has 7 nitrogen and oxygen atoms in total. The number of aliphatic imine (C=N–C) groups is 3. The Morgan fingerprint density at radius 1 is 0.880 bits per heavy atom. The fourth-order valence-electron chi connectivity index (χ4n) is 6.45. The monoisotopic (exact) mass is 659 g/mol. The lowest BCUT2D eigenvalue weighted by molar-refractivity contribution is 0.0756. The maximum absolute atomic E-state index is 6.25. The van der Waals surface area contributed by atoms with Gasteiger partial charge in [-0.05, 0) is 66.0 Å². The highest BCUT2D eigenvalue weighted by atomic mass is 16.6. The van der Waals surface area contributed by atoms with Gasteiger partial charge in [0.15, 0.2) is 29.5 Å². The van der Waals surface area contributed by atoms with Crippen LogP contribution in [0.5, 0.6) is 11.5 Å². The highest BCUT2D eigenvalue weighted by Gasteiger charge is 2.30. The van der Waals surface area contributed by atoms with Gasteiger partial charge >= 0.3 is 0 Å². The Bertz CT molecular complexity index is 1970. The van der Waals surface area contributed by atoms with Gasteiger partial charge in [-0.15, -0.1) is 0 Å². The number of nitrogens with zero attached hydrogens (tertiary/aromatic N) is 3. The molecule has 2 aliphatic carbocycles. The van der Waals surface area contributed by atoms with Gasteiger partial charge in [0.05, 0.1) is 18.1 Å². The quantitative estimate of drug-likeness (QED) is 0.251. The van der Waals surface area contributed by atoms with Crippen LogP contribution in [0.4, 0.5) is 0 Å². The van der Waals surface area contributed by atoms with Crippen molar-refractivity contribution in [2.45, 2.75) is 49.6 Å². The molecule has 0 fully saturated rings. The molecule has 50 heavy (non-hydrogen) atoms. The van der Waals surface area contributed by atoms with E-state index in [1.807, 2.05) is 72.9 Å². The minimum atomic E-state index is -0.252. The van der Waals surface area contributed by atoms with Gasteiger partial charge in [-0.3, -0.25) is 0 Å². The maximum atomic E-state index is 6.25. The SMILES string of the molecule is C=C/C=C\C=C\C1=CCC(c2cccc([C@@H]3C=C(C4N=C(c5ccc6c(c5)O[C@@H]5C=CC=C[C@H]5O6)N=CN4)C=CC3)c2)NC(C/C=C\C=C)=N1. The summed E-state index contributed by atoms with van der Waals surface area (Å²) in [7, 11) is 0. The summed E-state index contributed by atoms with van der Waals surface area (Å²) in [6.07, 6.45) is 36.1. The minimum absolute atomic E-state index is 0.0916. The van der Waals surface area contributed by atoms with Crippen molar-refractivity contribution in [1.29, 1.82) is 0 Å². The molecule has 0 radical (unpaired) electrons. The molecular weight excluding hydrogens is 619 g/mol. The zero-order valence-corrected chi connectivity index (χ0v) is 27.9. The van der Waals surface area contributed by atoms with Crippen LogP contribution < -0.4 is 20.1 Å². The van der Waals surface area contributed by atoms with Gasteiger partial charge in [0.2, 0.25) is 0 Å². The van der Waals surface area contributed by atoms with Gasteiger partial charge in [-0.2, -0.15) is 0 Å². The molecule has 5 aliphatic rings. The van der Waals surface area contributed by atoms with Crippen LogP contribution in [0.25, 0.3) is 0 Å². The zero-order chi connectivity index (χ0) is 34.1. The smallest absolute Gasteiger partial charge is 0.163 e. The Morgan fingerprint density at radius 3 is 2.58 bits per heavy atom. The molecule has 250 valence electrons. The highest BCUT2D eigenvalue weighted by Crippen LogP contribution is 2.37. The Labute approximate surface area is 294 Å². The summed E-state index contributed by atoms with van der Waals surface area (Å²) >= 11 is 0. The van der Waals surface area contributed by atoms with E-state index < -0.39 is 0 Å². The molecule has 0 bridgehead atoms. The van der Waals surface area contributed by atoms with E-state index in [-0.39, 0.29) is 30.3 Å². The van der Waals surface area contributed by atoms with Gasteiger partial charge < -0.3 is 20.1 Å². The molecule has 2 aromatic rings. The average Bonchev–Trinajstić information content (AvgIpc) is 3.38. The maximum Gasteiger partial charge on any atom is 0.163 e. The number of rotatable bonds is 10. The summed E-state index contributed by atoms with van der Waals surface area (Å²) in [5.74, 6) is 3.22. The Balaban J connectivity index is 1.09. The fourth-order valence-corrected chi connectivity index (χ4v) is 6.45. The topological polar surface area (TPSA) is 79.6 Å². The van der Waals surface area contributed by atoms with E-state index in [0.29, 0.717) is 18.0 Å². The number of benzene rings is 2. The molecule has 7 heteroatoms. The second kappa shape index (κ2) is 15.5. The fraction of sp³-hybridized carbons (Fsp3) is 0.186. The number of nitrogens with one attached hydrogen (secondary N) is 2. The number of hydrogen-bond acceptors (Lipinski definition) is 7. The average molecular weight is 660 g/mol. The van der Waals surface area contributed by atoms with Gasteiger partial charge in [0.25, 0.3) is 0 Å². The van der Waals surface area contributed by atoms with Gasteiger partial charge in [0, 0.05) is 17.9 Å². The van der Waals surface area contributed by atoms with Crippen molar-refractivity contribution >= 4 is 18.0 Å². The summed E-state index contributed by atoms with van der Waals surface area (Å²) in [6, 6.07) is 14.9. The van der Waals surface area contributed by atoms with E-state index in [4.69, 9.17) is 19.5 Å². The minimum Gasteiger partial charge on any atom is -0.478 e. The normalized spacial score (nSPS) is 25.2. The van der Waals surface area contributed by atoms with Crippen LogP contribution in [0.15, 0.2) is 179 Å². The summed E-state index contributed by atoms with van der Waals surface area (Å²) in [6.45, 7) is 7.55. The number of ether oxygens (including phenoxy) is 2. The third-order valence-electron chi connectivity index (χ3n) is 8.96. The third kappa shape index (κ3) is 7.68. The number of amidine groups is 2. The molecule has 5 atom stereocenters. The van der Waals surface area contributed by atoms with Crippen molar-refractivity contribution in [3.8, 4) is 11.5 Å². The molecule has 0 spiro atoms. The van der Waals surface area contributed by atoms with E-state index in [1.54, 1.807) is 18.5 Å². The molecule has 0 saturated carbocycles. The van der Waals surface area contributed by atoms with Gasteiger partial charge in [-0.25, -0.2) is 15.0 Å². The first-order chi connectivity index (χ1) is 24.7. The first-order valence-corrected chi connectivity index (χ1v) is 17.1. The molecule has 3 aliphatic heterocycles. The van der Waals surface area contributed by atoms with Gasteiger partial charge in [-0.1, -0.05) is 116 Å². The molecule has 3 heterocycles. The summed E-state index contributed by atoms with van der Waals surface area (Å²) < 4.78 is 12.4. The third-order valence-corrected chi connectivity index (χ3v) is 8.96. The lowest BCUT2D eigenvalue weighted by Crippen LogP contribution is -2.38. The number of fused-ring (bicyclic) bond motifs is 2. The highest BCUT2D eigenvalue weighted by molar-refractivity contribution is 6.04. The predicted molar refractivity (Wildman–Crippen MR) is 205 cm³/mol. The first-order valence-electron chi connectivity index (χ1n) is 17.1. The Kier molecular flexibility index (Phi) is 10.1. The van der Waals surface area contributed by atoms with E-state index in [0.717, 1.165) is 41.3 Å². The van der Waals surface area contributed by atoms with Crippen molar-refractivity contribution in [2.24, 2.45) is 15.0 Å². The standard InChI is InChI=1S/C43H41N5O2/c1-3-5-7-9-18-35-23-24-36(47-41(46-35)21-8-6-4-2)32-16-12-14-30(26-32)31-15-13-17-33(27-31)42-44-29-45-43(48-42)34-22-25-39-40(28-34)50-38-20-11-10-19-37(38)49-39/h3-14,16-20,22-23,25-29,31,36-38,42H,1-2,15,21,24H2,(H,46,47)(H,44,45,48)/b7-5-,8-6-,18-9+/t31-,36?,37+,38+,42?/m0/s1. The van der Waals surface area contributed by atoms with Crippen LogP contribution in [-0.2, 0) is 0 Å². The molecule has 7 rings (SSSR count). The van der Waals surface area contributed by atoms with Gasteiger partial charge in [0.1, 0.15) is 12.0 Å². The van der Waals surface area contributed by atoms with E-state index in [9.17, 15) is 0 Å². The van der Waals surface area contributed by atoms with Crippen LogP contribution in [0.1, 0.15) is 47.9 Å². The second-order valence-electron chi connectivity index (χ2n) is 12.4. The lowest BCUT2D eigenvalue weighted by Gasteiger charge is -2.32. The van der Waals surface area contributed by atoms with Crippen molar-refractivity contribution < 1.29 is 9.47 Å². The second-order valence-corrected chi connectivity index (χ2v) is 12.4. The number of allylic oxidation sites excluding steroid dienone is 11. The van der Waals surface area contributed by atoms with Crippen molar-refractivity contribution in [1.82, 2.24) is 10.6 Å². The largest absolute Gasteiger partial charge is 0.478 e. The van der Waals surface area contributed by atoms with Crippen molar-refractivity contribution in [2.75, 3.05) is 0 Å². The molecule has 2 unspecified atom stereocenters. The molecule has 0 saturated heterocycles. The molecule has 2 aromatic carbocycles. The molecular formula is C43H41N5O2. The summed E-state index contributed by atoms with van der Waals surface area (Å²) in [4.78, 5) is 14.5. The van der Waals surface area contributed by atoms with Crippen LogP contribution in [0.3, 0.4) is 0 Å². The van der Waals surface area contributed by atoms with E-state index >= 15 is 0 Å². The molecule has 2 N–H and O–H groups in total. The van der Waals surface area contributed by atoms with Crippen molar-refractivity contribution in [3.05, 3.63) is 181 Å². The van der Waals surface area contributed by atoms with Crippen LogP contribution >= 0.6 is 0 Å². The Hall–Kier alpha value is -5.95. The van der Waals surface area contributed by atoms with Crippen LogP contribution in [0.2, 0.25) is 0 Å². The predicted octanol–water partition coefficient (Wildman–Crippen LogP) is 8.44.